The van der Waals surface area contributed by atoms with Gasteiger partial charge in [-0.3, -0.25) is 4.90 Å². The summed E-state index contributed by atoms with van der Waals surface area (Å²) in [6, 6.07) is 0. The van der Waals surface area contributed by atoms with E-state index in [0.29, 0.717) is 0 Å². The predicted molar refractivity (Wildman–Crippen MR) is 57.7 cm³/mol. The van der Waals surface area contributed by atoms with E-state index in [9.17, 15) is 0 Å². The van der Waals surface area contributed by atoms with Crippen LogP contribution in [-0.2, 0) is 0 Å². The topological polar surface area (TPSA) is 3.24 Å². The maximum Gasteiger partial charge on any atom is 0.0160 e. The fraction of sp³-hybridized carbons (Fsp3) is 0.800. The average molecular weight is 232 g/mol. The SMILES string of the molecule is C=CCN1CC(C)CC(CBr)C1. The molecule has 0 spiro atoms. The summed E-state index contributed by atoms with van der Waals surface area (Å²) in [4.78, 5) is 2.49. The Kier molecular flexibility index (Phi) is 4.30. The molecule has 0 aromatic rings. The van der Waals surface area contributed by atoms with Crippen LogP contribution >= 0.6 is 15.9 Å². The van der Waals surface area contributed by atoms with Crippen LogP contribution in [0, 0.1) is 11.8 Å². The van der Waals surface area contributed by atoms with Gasteiger partial charge in [0.2, 0.25) is 0 Å². The maximum absolute atomic E-state index is 3.78. The number of hydrogen-bond acceptors (Lipinski definition) is 1. The van der Waals surface area contributed by atoms with Gasteiger partial charge in [-0.2, -0.15) is 0 Å². The summed E-state index contributed by atoms with van der Waals surface area (Å²) in [6.45, 7) is 9.65. The zero-order valence-corrected chi connectivity index (χ0v) is 9.39. The van der Waals surface area contributed by atoms with Gasteiger partial charge < -0.3 is 0 Å². The molecular formula is C10H18BrN. The minimum absolute atomic E-state index is 0.841. The minimum Gasteiger partial charge on any atom is -0.299 e. The molecule has 2 heteroatoms. The molecule has 1 saturated heterocycles. The Hall–Kier alpha value is 0.180. The van der Waals surface area contributed by atoms with E-state index in [1.54, 1.807) is 0 Å². The molecule has 0 N–H and O–H groups in total. The van der Waals surface area contributed by atoms with Gasteiger partial charge in [0.05, 0.1) is 0 Å². The lowest BCUT2D eigenvalue weighted by atomic mass is 9.92. The number of likely N-dealkylation sites (tertiary alicyclic amines) is 1. The number of piperidine rings is 1. The van der Waals surface area contributed by atoms with E-state index in [-0.39, 0.29) is 0 Å². The van der Waals surface area contributed by atoms with Gasteiger partial charge in [-0.05, 0) is 18.3 Å². The lowest BCUT2D eigenvalue weighted by Gasteiger charge is -2.35. The molecule has 0 aliphatic carbocycles. The normalized spacial score (nSPS) is 31.8. The first-order chi connectivity index (χ1) is 5.76. The summed E-state index contributed by atoms with van der Waals surface area (Å²) in [5.41, 5.74) is 0. The second kappa shape index (κ2) is 5.03. The molecule has 12 heavy (non-hydrogen) atoms. The lowest BCUT2D eigenvalue weighted by molar-refractivity contribution is 0.158. The monoisotopic (exact) mass is 231 g/mol. The Morgan fingerprint density at radius 2 is 2.33 bits per heavy atom. The molecule has 70 valence electrons. The Labute approximate surface area is 84.0 Å². The summed E-state index contributed by atoms with van der Waals surface area (Å²) in [5, 5.41) is 1.14. The molecule has 2 unspecified atom stereocenters. The quantitative estimate of drug-likeness (QED) is 0.534. The summed E-state index contributed by atoms with van der Waals surface area (Å²) in [5.74, 6) is 1.69. The van der Waals surface area contributed by atoms with Crippen molar-refractivity contribution in [1.82, 2.24) is 4.90 Å². The smallest absolute Gasteiger partial charge is 0.0160 e. The molecule has 0 radical (unpaired) electrons. The fourth-order valence-corrected chi connectivity index (χ4v) is 2.51. The highest BCUT2D eigenvalue weighted by Crippen LogP contribution is 2.22. The summed E-state index contributed by atoms with van der Waals surface area (Å²) < 4.78 is 0. The van der Waals surface area contributed by atoms with E-state index in [4.69, 9.17) is 0 Å². The zero-order chi connectivity index (χ0) is 8.97. The van der Waals surface area contributed by atoms with Crippen molar-refractivity contribution in [2.75, 3.05) is 25.0 Å². The van der Waals surface area contributed by atoms with Crippen molar-refractivity contribution >= 4 is 15.9 Å². The molecule has 1 aliphatic heterocycles. The number of nitrogens with zero attached hydrogens (tertiary/aromatic N) is 1. The molecule has 1 fully saturated rings. The van der Waals surface area contributed by atoms with E-state index >= 15 is 0 Å². The third-order valence-electron chi connectivity index (χ3n) is 2.43. The van der Waals surface area contributed by atoms with E-state index < -0.39 is 0 Å². The van der Waals surface area contributed by atoms with Crippen molar-refractivity contribution < 1.29 is 0 Å². The molecule has 0 amide bonds. The largest absolute Gasteiger partial charge is 0.299 e. The first kappa shape index (κ1) is 10.3. The highest BCUT2D eigenvalue weighted by molar-refractivity contribution is 9.09. The van der Waals surface area contributed by atoms with Gasteiger partial charge in [-0.15, -0.1) is 6.58 Å². The third-order valence-corrected chi connectivity index (χ3v) is 3.34. The Balaban J connectivity index is 2.39. The van der Waals surface area contributed by atoms with Crippen LogP contribution in [0.4, 0.5) is 0 Å². The summed E-state index contributed by atoms with van der Waals surface area (Å²) >= 11 is 3.56. The Morgan fingerprint density at radius 1 is 1.58 bits per heavy atom. The van der Waals surface area contributed by atoms with Gasteiger partial charge in [0.1, 0.15) is 0 Å². The van der Waals surface area contributed by atoms with Gasteiger partial charge in [0, 0.05) is 25.0 Å². The summed E-state index contributed by atoms with van der Waals surface area (Å²) in [7, 11) is 0. The molecule has 1 heterocycles. The van der Waals surface area contributed by atoms with Crippen LogP contribution in [0.5, 0.6) is 0 Å². The van der Waals surface area contributed by atoms with Crippen LogP contribution < -0.4 is 0 Å². The molecule has 1 rings (SSSR count). The Bertz CT molecular complexity index is 147. The van der Waals surface area contributed by atoms with Gasteiger partial charge in [0.25, 0.3) is 0 Å². The maximum atomic E-state index is 3.78. The first-order valence-electron chi connectivity index (χ1n) is 4.65. The molecule has 0 saturated carbocycles. The van der Waals surface area contributed by atoms with E-state index in [2.05, 4.69) is 34.3 Å². The third kappa shape index (κ3) is 2.91. The van der Waals surface area contributed by atoms with Crippen LogP contribution in [-0.4, -0.2) is 29.9 Å². The summed E-state index contributed by atoms with van der Waals surface area (Å²) in [6.07, 6.45) is 3.38. The number of hydrogen-bond donors (Lipinski definition) is 0. The number of alkyl halides is 1. The number of rotatable bonds is 3. The van der Waals surface area contributed by atoms with Crippen molar-refractivity contribution in [2.24, 2.45) is 11.8 Å². The van der Waals surface area contributed by atoms with Crippen molar-refractivity contribution in [2.45, 2.75) is 13.3 Å². The van der Waals surface area contributed by atoms with Crippen LogP contribution in [0.15, 0.2) is 12.7 Å². The van der Waals surface area contributed by atoms with Crippen LogP contribution in [0.3, 0.4) is 0 Å². The van der Waals surface area contributed by atoms with Gasteiger partial charge in [-0.1, -0.05) is 28.9 Å². The van der Waals surface area contributed by atoms with E-state index in [1.165, 1.54) is 19.5 Å². The van der Waals surface area contributed by atoms with Crippen LogP contribution in [0.2, 0.25) is 0 Å². The second-order valence-electron chi connectivity index (χ2n) is 3.87. The van der Waals surface area contributed by atoms with E-state index in [0.717, 1.165) is 23.7 Å². The van der Waals surface area contributed by atoms with Crippen molar-refractivity contribution in [3.05, 3.63) is 12.7 Å². The second-order valence-corrected chi connectivity index (χ2v) is 4.52. The van der Waals surface area contributed by atoms with Crippen molar-refractivity contribution in [1.29, 1.82) is 0 Å². The molecule has 0 aromatic heterocycles. The van der Waals surface area contributed by atoms with Crippen molar-refractivity contribution in [3.63, 3.8) is 0 Å². The van der Waals surface area contributed by atoms with Crippen LogP contribution in [0.1, 0.15) is 13.3 Å². The molecule has 1 aliphatic rings. The molecule has 2 atom stereocenters. The van der Waals surface area contributed by atoms with Gasteiger partial charge in [-0.25, -0.2) is 0 Å². The first-order valence-corrected chi connectivity index (χ1v) is 5.77. The standard InChI is InChI=1S/C10H18BrN/c1-3-4-12-7-9(2)5-10(6-11)8-12/h3,9-10H,1,4-8H2,2H3. The highest BCUT2D eigenvalue weighted by atomic mass is 79.9. The zero-order valence-electron chi connectivity index (χ0n) is 7.80. The van der Waals surface area contributed by atoms with Crippen LogP contribution in [0.25, 0.3) is 0 Å². The van der Waals surface area contributed by atoms with Crippen molar-refractivity contribution in [3.8, 4) is 0 Å². The highest BCUT2D eigenvalue weighted by Gasteiger charge is 2.22. The molecule has 1 nitrogen and oxygen atoms in total. The average Bonchev–Trinajstić information content (AvgIpc) is 2.04. The molecule has 0 aromatic carbocycles. The van der Waals surface area contributed by atoms with E-state index in [1.807, 2.05) is 6.08 Å². The lowest BCUT2D eigenvalue weighted by Crippen LogP contribution is -2.40. The van der Waals surface area contributed by atoms with Gasteiger partial charge in [0.15, 0.2) is 0 Å². The fourth-order valence-electron chi connectivity index (χ4n) is 2.04. The van der Waals surface area contributed by atoms with Gasteiger partial charge >= 0.3 is 0 Å². The molecule has 0 bridgehead atoms. The minimum atomic E-state index is 0.841. The predicted octanol–water partition coefficient (Wildman–Crippen LogP) is 2.53. The molecular weight excluding hydrogens is 214 g/mol. The Morgan fingerprint density at radius 3 is 2.92 bits per heavy atom. The number of halogens is 1.